The van der Waals surface area contributed by atoms with Crippen LogP contribution in [0.2, 0.25) is 0 Å². The second kappa shape index (κ2) is 2.46. The predicted molar refractivity (Wildman–Crippen MR) is 50.6 cm³/mol. The molecule has 1 aliphatic rings. The Bertz CT molecular complexity index is 403. The van der Waals surface area contributed by atoms with Crippen molar-refractivity contribution in [2.75, 3.05) is 0 Å². The van der Waals surface area contributed by atoms with E-state index in [1.165, 1.54) is 22.5 Å². The van der Waals surface area contributed by atoms with E-state index in [9.17, 15) is 0 Å². The van der Waals surface area contributed by atoms with Gasteiger partial charge < -0.3 is 4.98 Å². The van der Waals surface area contributed by atoms with Crippen molar-refractivity contribution in [2.45, 2.75) is 12.8 Å². The Hall–Kier alpha value is -1.57. The van der Waals surface area contributed by atoms with E-state index in [1.807, 2.05) is 0 Å². The highest BCUT2D eigenvalue weighted by molar-refractivity contribution is 5.39. The number of H-pyrrole nitrogens is 1. The van der Waals surface area contributed by atoms with Gasteiger partial charge >= 0.3 is 0 Å². The lowest BCUT2D eigenvalue weighted by Crippen LogP contribution is -2.06. The average Bonchev–Trinajstić information content (AvgIpc) is 2.61. The molecule has 1 heterocycles. The predicted octanol–water partition coefficient (Wildman–Crippen LogP) is 1.90. The minimum Gasteiger partial charge on any atom is -0.348 e. The molecule has 0 fully saturated rings. The van der Waals surface area contributed by atoms with Gasteiger partial charge in [0.15, 0.2) is 0 Å². The topological polar surface area (TPSA) is 28.7 Å². The summed E-state index contributed by atoms with van der Waals surface area (Å²) in [7, 11) is 0. The number of hydrogen-bond acceptors (Lipinski definition) is 1. The fraction of sp³-hybridized carbons (Fsp3) is 0.182. The average molecular weight is 170 g/mol. The van der Waals surface area contributed by atoms with Crippen LogP contribution in [0, 0.1) is 0 Å². The molecular weight excluding hydrogens is 160 g/mol. The molecular formula is C11H10N2. The molecule has 0 aliphatic heterocycles. The molecule has 2 nitrogen and oxygen atoms in total. The van der Waals surface area contributed by atoms with Crippen LogP contribution in [-0.4, -0.2) is 9.97 Å². The summed E-state index contributed by atoms with van der Waals surface area (Å²) in [6.07, 6.45) is 3.77. The Morgan fingerprint density at radius 1 is 1.08 bits per heavy atom. The molecule has 0 amide bonds. The van der Waals surface area contributed by atoms with Crippen molar-refractivity contribution < 1.29 is 0 Å². The van der Waals surface area contributed by atoms with Gasteiger partial charge in [-0.15, -0.1) is 0 Å². The van der Waals surface area contributed by atoms with Crippen molar-refractivity contribution in [1.29, 1.82) is 0 Å². The Morgan fingerprint density at radius 3 is 2.69 bits per heavy atom. The largest absolute Gasteiger partial charge is 0.348 e. The maximum absolute atomic E-state index is 4.30. The fourth-order valence-corrected chi connectivity index (χ4v) is 1.93. The molecule has 1 aromatic carbocycles. The SMILES string of the molecule is c1ccc2c(c1)Cc1nc[nH]c1C2. The monoisotopic (exact) mass is 170 g/mol. The molecule has 0 bridgehead atoms. The van der Waals surface area contributed by atoms with Crippen molar-refractivity contribution in [2.24, 2.45) is 0 Å². The van der Waals surface area contributed by atoms with E-state index in [2.05, 4.69) is 34.2 Å². The molecule has 1 aromatic heterocycles. The lowest BCUT2D eigenvalue weighted by Gasteiger charge is -2.14. The van der Waals surface area contributed by atoms with Crippen LogP contribution in [0.4, 0.5) is 0 Å². The lowest BCUT2D eigenvalue weighted by atomic mass is 9.92. The van der Waals surface area contributed by atoms with Crippen LogP contribution in [-0.2, 0) is 12.8 Å². The maximum Gasteiger partial charge on any atom is 0.0925 e. The summed E-state index contributed by atoms with van der Waals surface area (Å²) in [5.74, 6) is 0. The van der Waals surface area contributed by atoms with E-state index in [0.717, 1.165) is 12.8 Å². The third kappa shape index (κ3) is 0.985. The van der Waals surface area contributed by atoms with Gasteiger partial charge in [-0.1, -0.05) is 24.3 Å². The van der Waals surface area contributed by atoms with Gasteiger partial charge in [-0.25, -0.2) is 4.98 Å². The normalized spacial score (nSPS) is 13.5. The number of nitrogens with one attached hydrogen (secondary N) is 1. The van der Waals surface area contributed by atoms with Gasteiger partial charge in [-0.3, -0.25) is 0 Å². The van der Waals surface area contributed by atoms with E-state index in [0.29, 0.717) is 0 Å². The summed E-state index contributed by atoms with van der Waals surface area (Å²) in [6.45, 7) is 0. The van der Waals surface area contributed by atoms with E-state index in [4.69, 9.17) is 0 Å². The lowest BCUT2D eigenvalue weighted by molar-refractivity contribution is 0.951. The van der Waals surface area contributed by atoms with Gasteiger partial charge in [0.1, 0.15) is 0 Å². The number of benzene rings is 1. The summed E-state index contributed by atoms with van der Waals surface area (Å²) in [5.41, 5.74) is 5.33. The van der Waals surface area contributed by atoms with Crippen LogP contribution >= 0.6 is 0 Å². The highest BCUT2D eigenvalue weighted by Gasteiger charge is 2.15. The Morgan fingerprint density at radius 2 is 1.85 bits per heavy atom. The van der Waals surface area contributed by atoms with Gasteiger partial charge in [0.25, 0.3) is 0 Å². The van der Waals surface area contributed by atoms with E-state index < -0.39 is 0 Å². The smallest absolute Gasteiger partial charge is 0.0925 e. The van der Waals surface area contributed by atoms with Gasteiger partial charge in [-0.2, -0.15) is 0 Å². The second-order valence-electron chi connectivity index (χ2n) is 3.45. The molecule has 2 heteroatoms. The first-order valence-electron chi connectivity index (χ1n) is 4.51. The fourth-order valence-electron chi connectivity index (χ4n) is 1.93. The quantitative estimate of drug-likeness (QED) is 0.548. The molecule has 0 unspecified atom stereocenters. The van der Waals surface area contributed by atoms with Gasteiger partial charge in [-0.05, 0) is 11.1 Å². The van der Waals surface area contributed by atoms with Crippen molar-refractivity contribution in [1.82, 2.24) is 9.97 Å². The number of aromatic nitrogens is 2. The van der Waals surface area contributed by atoms with Gasteiger partial charge in [0, 0.05) is 18.5 Å². The second-order valence-corrected chi connectivity index (χ2v) is 3.45. The first-order chi connectivity index (χ1) is 6.43. The summed E-state index contributed by atoms with van der Waals surface area (Å²) in [5, 5.41) is 0. The van der Waals surface area contributed by atoms with Crippen molar-refractivity contribution in [3.8, 4) is 0 Å². The molecule has 2 aromatic rings. The Balaban J connectivity index is 2.14. The third-order valence-corrected chi connectivity index (χ3v) is 2.65. The molecule has 0 saturated carbocycles. The van der Waals surface area contributed by atoms with Crippen molar-refractivity contribution in [3.05, 3.63) is 53.1 Å². The number of rotatable bonds is 0. The maximum atomic E-state index is 4.30. The molecule has 13 heavy (non-hydrogen) atoms. The van der Waals surface area contributed by atoms with Gasteiger partial charge in [0.2, 0.25) is 0 Å². The highest BCUT2D eigenvalue weighted by Crippen LogP contribution is 2.23. The minimum absolute atomic E-state index is 0.981. The molecule has 0 radical (unpaired) electrons. The molecule has 1 N–H and O–H groups in total. The zero-order valence-corrected chi connectivity index (χ0v) is 7.25. The van der Waals surface area contributed by atoms with Crippen LogP contribution < -0.4 is 0 Å². The molecule has 64 valence electrons. The van der Waals surface area contributed by atoms with Crippen LogP contribution in [0.3, 0.4) is 0 Å². The van der Waals surface area contributed by atoms with Crippen LogP contribution in [0.5, 0.6) is 0 Å². The number of fused-ring (bicyclic) bond motifs is 2. The first kappa shape index (κ1) is 6.89. The number of nitrogens with zero attached hydrogens (tertiary/aromatic N) is 1. The zero-order chi connectivity index (χ0) is 8.67. The summed E-state index contributed by atoms with van der Waals surface area (Å²) in [6, 6.07) is 8.57. The van der Waals surface area contributed by atoms with Crippen molar-refractivity contribution in [3.63, 3.8) is 0 Å². The number of hydrogen-bond donors (Lipinski definition) is 1. The van der Waals surface area contributed by atoms with Crippen LogP contribution in [0.15, 0.2) is 30.6 Å². The summed E-state index contributed by atoms with van der Waals surface area (Å²) < 4.78 is 0. The Kier molecular flexibility index (Phi) is 1.30. The highest BCUT2D eigenvalue weighted by atomic mass is 14.9. The zero-order valence-electron chi connectivity index (χ0n) is 7.25. The summed E-state index contributed by atoms with van der Waals surface area (Å²) >= 11 is 0. The minimum atomic E-state index is 0.981. The molecule has 3 rings (SSSR count). The molecule has 0 saturated heterocycles. The first-order valence-corrected chi connectivity index (χ1v) is 4.51. The van der Waals surface area contributed by atoms with E-state index in [-0.39, 0.29) is 0 Å². The van der Waals surface area contributed by atoms with Crippen molar-refractivity contribution >= 4 is 0 Å². The number of imidazole rings is 1. The molecule has 1 aliphatic carbocycles. The van der Waals surface area contributed by atoms with Crippen LogP contribution in [0.1, 0.15) is 22.5 Å². The Labute approximate surface area is 76.6 Å². The van der Waals surface area contributed by atoms with Crippen LogP contribution in [0.25, 0.3) is 0 Å². The number of aromatic amines is 1. The van der Waals surface area contributed by atoms with E-state index >= 15 is 0 Å². The molecule has 0 atom stereocenters. The van der Waals surface area contributed by atoms with Gasteiger partial charge in [0.05, 0.1) is 12.0 Å². The molecule has 0 spiro atoms. The summed E-state index contributed by atoms with van der Waals surface area (Å²) in [4.78, 5) is 7.49. The standard InChI is InChI=1S/C11H10N2/c1-2-4-9-6-11-10(12-7-13-11)5-8(9)3-1/h1-4,7H,5-6H2,(H,12,13). The van der Waals surface area contributed by atoms with E-state index in [1.54, 1.807) is 6.33 Å². The third-order valence-electron chi connectivity index (χ3n) is 2.65.